The Balaban J connectivity index is 1.38. The van der Waals surface area contributed by atoms with E-state index in [0.717, 1.165) is 39.8 Å². The molecule has 1 aliphatic rings. The van der Waals surface area contributed by atoms with Crippen molar-refractivity contribution in [3.05, 3.63) is 70.1 Å². The Bertz CT molecular complexity index is 1330. The first kappa shape index (κ1) is 21.9. The lowest BCUT2D eigenvalue weighted by atomic mass is 10.2. The topological polar surface area (TPSA) is 54.3 Å². The van der Waals surface area contributed by atoms with Gasteiger partial charge < -0.3 is 9.80 Å². The van der Waals surface area contributed by atoms with E-state index in [4.69, 9.17) is 16.6 Å². The molecule has 4 aromatic rings. The van der Waals surface area contributed by atoms with Crippen LogP contribution in [0.3, 0.4) is 0 Å². The number of halogens is 2. The van der Waals surface area contributed by atoms with Crippen LogP contribution in [0.2, 0.25) is 5.02 Å². The number of aryl methyl sites for hydroxylation is 2. The minimum absolute atomic E-state index is 0.0183. The minimum atomic E-state index is -0.548. The second kappa shape index (κ2) is 8.76. The van der Waals surface area contributed by atoms with Crippen molar-refractivity contribution in [1.82, 2.24) is 19.7 Å². The second-order valence-electron chi connectivity index (χ2n) is 8.24. The Hall–Kier alpha value is -2.97. The van der Waals surface area contributed by atoms with Gasteiger partial charge in [-0.1, -0.05) is 40.6 Å². The van der Waals surface area contributed by atoms with E-state index in [-0.39, 0.29) is 11.5 Å². The van der Waals surface area contributed by atoms with Crippen LogP contribution in [0.15, 0.2) is 42.5 Å². The van der Waals surface area contributed by atoms with Gasteiger partial charge in [0.2, 0.25) is 0 Å². The van der Waals surface area contributed by atoms with Crippen LogP contribution in [0.4, 0.5) is 9.52 Å². The van der Waals surface area contributed by atoms with Gasteiger partial charge in [0.05, 0.1) is 21.6 Å². The molecular weight excluding hydrogens is 461 g/mol. The molecule has 0 atom stereocenters. The summed E-state index contributed by atoms with van der Waals surface area (Å²) in [4.78, 5) is 21.7. The Labute approximate surface area is 200 Å². The van der Waals surface area contributed by atoms with Crippen LogP contribution < -0.4 is 4.90 Å². The fourth-order valence-corrected chi connectivity index (χ4v) is 5.28. The average Bonchev–Trinajstić information content (AvgIpc) is 3.26. The van der Waals surface area contributed by atoms with Gasteiger partial charge in [0, 0.05) is 31.2 Å². The summed E-state index contributed by atoms with van der Waals surface area (Å²) in [6.07, 6.45) is 0.771. The number of hydrogen-bond acceptors (Lipinski definition) is 5. The maximum atomic E-state index is 14.2. The molecule has 1 aliphatic heterocycles. The van der Waals surface area contributed by atoms with Crippen LogP contribution in [-0.4, -0.2) is 51.8 Å². The van der Waals surface area contributed by atoms with Crippen LogP contribution in [0.1, 0.15) is 28.0 Å². The molecule has 5 rings (SSSR count). The first-order valence-corrected chi connectivity index (χ1v) is 12.0. The average molecular weight is 484 g/mol. The summed E-state index contributed by atoms with van der Waals surface area (Å²) >= 11 is 7.60. The predicted octanol–water partition coefficient (Wildman–Crippen LogP) is 5.24. The Morgan fingerprint density at radius 2 is 1.85 bits per heavy atom. The molecule has 1 saturated heterocycles. The van der Waals surface area contributed by atoms with Gasteiger partial charge in [-0.2, -0.15) is 10.1 Å². The summed E-state index contributed by atoms with van der Waals surface area (Å²) in [6, 6.07) is 12.3. The number of fused-ring (bicyclic) bond motifs is 1. The van der Waals surface area contributed by atoms with Gasteiger partial charge in [-0.25, -0.2) is 9.07 Å². The standard InChI is InChI=1S/C24H23ClFN5OS/c1-15-4-7-18(8-5-15)31-22-21(16(2)28-31)33-24(27-22)30-11-3-10-29(12-13-30)23(32)19-14-17(25)6-9-20(19)26/h4-9,14H,3,10-13H2,1-2H3. The van der Waals surface area contributed by atoms with E-state index in [1.165, 1.54) is 23.8 Å². The zero-order valence-electron chi connectivity index (χ0n) is 18.4. The van der Waals surface area contributed by atoms with Crippen molar-refractivity contribution in [3.8, 4) is 5.69 Å². The highest BCUT2D eigenvalue weighted by Gasteiger charge is 2.25. The van der Waals surface area contributed by atoms with E-state index in [0.29, 0.717) is 24.7 Å². The molecule has 1 fully saturated rings. The Morgan fingerprint density at radius 1 is 1.06 bits per heavy atom. The number of aromatic nitrogens is 3. The third kappa shape index (κ3) is 4.20. The minimum Gasteiger partial charge on any atom is -0.346 e. The lowest BCUT2D eigenvalue weighted by Crippen LogP contribution is -2.35. The quantitative estimate of drug-likeness (QED) is 0.399. The Kier molecular flexibility index (Phi) is 5.80. The molecule has 2 aromatic carbocycles. The number of amides is 1. The number of nitrogens with zero attached hydrogens (tertiary/aromatic N) is 5. The molecule has 3 heterocycles. The van der Waals surface area contributed by atoms with Crippen LogP contribution in [0.5, 0.6) is 0 Å². The van der Waals surface area contributed by atoms with Gasteiger partial charge in [0.25, 0.3) is 5.91 Å². The molecule has 170 valence electrons. The summed E-state index contributed by atoms with van der Waals surface area (Å²) in [7, 11) is 0. The van der Waals surface area contributed by atoms with Crippen molar-refractivity contribution in [2.24, 2.45) is 0 Å². The van der Waals surface area contributed by atoms with E-state index >= 15 is 0 Å². The molecule has 0 spiro atoms. The number of benzene rings is 2. The highest BCUT2D eigenvalue weighted by Crippen LogP contribution is 2.33. The van der Waals surface area contributed by atoms with Gasteiger partial charge in [-0.15, -0.1) is 0 Å². The van der Waals surface area contributed by atoms with Crippen molar-refractivity contribution in [2.75, 3.05) is 31.1 Å². The summed E-state index contributed by atoms with van der Waals surface area (Å²) < 4.78 is 17.2. The van der Waals surface area contributed by atoms with E-state index in [1.807, 2.05) is 23.7 Å². The maximum Gasteiger partial charge on any atom is 0.256 e. The fraction of sp³-hybridized carbons (Fsp3) is 0.292. The summed E-state index contributed by atoms with van der Waals surface area (Å²) in [5.74, 6) is -0.875. The van der Waals surface area contributed by atoms with Gasteiger partial charge in [-0.3, -0.25) is 4.79 Å². The smallest absolute Gasteiger partial charge is 0.256 e. The maximum absolute atomic E-state index is 14.2. The summed E-state index contributed by atoms with van der Waals surface area (Å²) in [6.45, 7) is 6.50. The van der Waals surface area contributed by atoms with E-state index in [2.05, 4.69) is 29.1 Å². The molecule has 0 saturated carbocycles. The van der Waals surface area contributed by atoms with Crippen LogP contribution in [-0.2, 0) is 0 Å². The van der Waals surface area contributed by atoms with E-state index < -0.39 is 5.82 Å². The Morgan fingerprint density at radius 3 is 2.64 bits per heavy atom. The van der Waals surface area contributed by atoms with Crippen LogP contribution >= 0.6 is 22.9 Å². The van der Waals surface area contributed by atoms with Crippen LogP contribution in [0.25, 0.3) is 16.0 Å². The zero-order chi connectivity index (χ0) is 23.1. The number of rotatable bonds is 3. The molecule has 0 bridgehead atoms. The number of carbonyl (C=O) groups is 1. The molecule has 1 amide bonds. The lowest BCUT2D eigenvalue weighted by molar-refractivity contribution is 0.0762. The predicted molar refractivity (Wildman–Crippen MR) is 130 cm³/mol. The molecule has 0 aliphatic carbocycles. The van der Waals surface area contributed by atoms with Crippen molar-refractivity contribution in [3.63, 3.8) is 0 Å². The molecule has 6 nitrogen and oxygen atoms in total. The third-order valence-corrected chi connectivity index (χ3v) is 7.32. The number of thiazole rings is 1. The fourth-order valence-electron chi connectivity index (χ4n) is 4.07. The van der Waals surface area contributed by atoms with E-state index in [1.54, 1.807) is 16.2 Å². The van der Waals surface area contributed by atoms with Gasteiger partial charge in [-0.05, 0) is 50.6 Å². The normalized spacial score (nSPS) is 14.7. The first-order valence-electron chi connectivity index (χ1n) is 10.8. The lowest BCUT2D eigenvalue weighted by Gasteiger charge is -2.22. The second-order valence-corrected chi connectivity index (χ2v) is 9.65. The zero-order valence-corrected chi connectivity index (χ0v) is 20.0. The molecule has 2 aromatic heterocycles. The third-order valence-electron chi connectivity index (χ3n) is 5.87. The van der Waals surface area contributed by atoms with E-state index in [9.17, 15) is 9.18 Å². The van der Waals surface area contributed by atoms with Crippen molar-refractivity contribution in [1.29, 1.82) is 0 Å². The monoisotopic (exact) mass is 483 g/mol. The highest BCUT2D eigenvalue weighted by molar-refractivity contribution is 7.22. The largest absolute Gasteiger partial charge is 0.346 e. The first-order chi connectivity index (χ1) is 15.9. The molecule has 9 heteroatoms. The van der Waals surface area contributed by atoms with Crippen molar-refractivity contribution >= 4 is 44.3 Å². The number of carbonyl (C=O) groups excluding carboxylic acids is 1. The number of hydrogen-bond donors (Lipinski definition) is 0. The summed E-state index contributed by atoms with van der Waals surface area (Å²) in [5.41, 5.74) is 3.97. The molecular formula is C24H23ClFN5OS. The van der Waals surface area contributed by atoms with Crippen molar-refractivity contribution in [2.45, 2.75) is 20.3 Å². The van der Waals surface area contributed by atoms with Crippen LogP contribution in [0, 0.1) is 19.7 Å². The van der Waals surface area contributed by atoms with Gasteiger partial charge >= 0.3 is 0 Å². The highest BCUT2D eigenvalue weighted by atomic mass is 35.5. The molecule has 0 N–H and O–H groups in total. The SMILES string of the molecule is Cc1ccc(-n2nc(C)c3sc(N4CCCN(C(=O)c5cc(Cl)ccc5F)CC4)nc32)cc1. The molecule has 0 unspecified atom stereocenters. The van der Waals surface area contributed by atoms with Crippen molar-refractivity contribution < 1.29 is 9.18 Å². The van der Waals surface area contributed by atoms with Gasteiger partial charge in [0.1, 0.15) is 5.82 Å². The molecule has 0 radical (unpaired) electrons. The van der Waals surface area contributed by atoms with Gasteiger partial charge in [0.15, 0.2) is 10.8 Å². The summed E-state index contributed by atoms with van der Waals surface area (Å²) in [5, 5.41) is 5.95. The number of anilines is 1. The molecule has 33 heavy (non-hydrogen) atoms.